The summed E-state index contributed by atoms with van der Waals surface area (Å²) in [5.41, 5.74) is 2.63. The van der Waals surface area contributed by atoms with Gasteiger partial charge in [0, 0.05) is 23.7 Å². The Morgan fingerprint density at radius 3 is 2.89 bits per heavy atom. The summed E-state index contributed by atoms with van der Waals surface area (Å²) in [4.78, 5) is 25.3. The quantitative estimate of drug-likeness (QED) is 0.689. The first kappa shape index (κ1) is 17.8. The minimum atomic E-state index is -0.0510. The number of nitrogens with zero attached hydrogens (tertiary/aromatic N) is 3. The molecule has 2 heterocycles. The number of hydrogen-bond acceptors (Lipinski definition) is 5. The van der Waals surface area contributed by atoms with Gasteiger partial charge in [-0.25, -0.2) is 4.98 Å². The van der Waals surface area contributed by atoms with Gasteiger partial charge in [-0.2, -0.15) is 0 Å². The molecular weight excluding hydrogens is 356 g/mol. The molecule has 0 radical (unpaired) electrons. The van der Waals surface area contributed by atoms with Gasteiger partial charge in [-0.3, -0.25) is 9.78 Å². The summed E-state index contributed by atoms with van der Waals surface area (Å²) in [6.45, 7) is 1.57. The van der Waals surface area contributed by atoms with Crippen LogP contribution >= 0.6 is 11.8 Å². The summed E-state index contributed by atoms with van der Waals surface area (Å²) in [5.74, 6) is 0.868. The average Bonchev–Trinajstić information content (AvgIpc) is 2.73. The van der Waals surface area contributed by atoms with Crippen molar-refractivity contribution in [3.05, 3.63) is 54.7 Å². The minimum absolute atomic E-state index is 0.0510. The van der Waals surface area contributed by atoms with Crippen molar-refractivity contribution in [3.63, 3.8) is 0 Å². The van der Waals surface area contributed by atoms with Gasteiger partial charge in [0.25, 0.3) is 0 Å². The van der Waals surface area contributed by atoms with E-state index in [4.69, 9.17) is 4.98 Å². The molecule has 1 N–H and O–H groups in total. The van der Waals surface area contributed by atoms with Crippen molar-refractivity contribution < 1.29 is 4.79 Å². The van der Waals surface area contributed by atoms with Crippen molar-refractivity contribution in [2.75, 3.05) is 29.6 Å². The van der Waals surface area contributed by atoms with Crippen molar-refractivity contribution in [1.29, 1.82) is 0 Å². The molecule has 1 aliphatic rings. The maximum atomic E-state index is 12.8. The highest BCUT2D eigenvalue weighted by Gasteiger charge is 2.27. The number of aromatic nitrogens is 2. The molecule has 3 aromatic rings. The maximum absolute atomic E-state index is 12.8. The third-order valence-electron chi connectivity index (χ3n) is 4.89. The standard InChI is InChI=1S/C21H22N4OS/c1-27-17-8-4-7-16(12-17)23-21(26)15-6-5-11-25(14-15)20-13-22-18-9-2-3-10-19(18)24-20/h2-4,7-10,12-13,15H,5-6,11,14H2,1H3,(H,23,26). The van der Waals surface area contributed by atoms with Gasteiger partial charge in [0.1, 0.15) is 5.82 Å². The number of thioether (sulfide) groups is 1. The van der Waals surface area contributed by atoms with E-state index in [-0.39, 0.29) is 11.8 Å². The molecule has 27 heavy (non-hydrogen) atoms. The summed E-state index contributed by atoms with van der Waals surface area (Å²) < 4.78 is 0. The van der Waals surface area contributed by atoms with Gasteiger partial charge in [-0.15, -0.1) is 11.8 Å². The lowest BCUT2D eigenvalue weighted by Gasteiger charge is -2.32. The van der Waals surface area contributed by atoms with E-state index in [2.05, 4.69) is 15.2 Å². The number of carbonyl (C=O) groups is 1. The van der Waals surface area contributed by atoms with E-state index in [9.17, 15) is 4.79 Å². The number of fused-ring (bicyclic) bond motifs is 1. The Morgan fingerprint density at radius 2 is 2.04 bits per heavy atom. The summed E-state index contributed by atoms with van der Waals surface area (Å²) in [7, 11) is 0. The van der Waals surface area contributed by atoms with Crippen molar-refractivity contribution in [1.82, 2.24) is 9.97 Å². The zero-order valence-corrected chi connectivity index (χ0v) is 16.1. The molecule has 4 rings (SSSR count). The van der Waals surface area contributed by atoms with E-state index in [0.717, 1.165) is 46.8 Å². The number of hydrogen-bond donors (Lipinski definition) is 1. The van der Waals surface area contributed by atoms with E-state index in [1.54, 1.807) is 11.8 Å². The molecule has 1 fully saturated rings. The molecule has 2 aromatic carbocycles. The predicted octanol–water partition coefficient (Wildman–Crippen LogP) is 4.21. The molecule has 1 unspecified atom stereocenters. The fraction of sp³-hybridized carbons (Fsp3) is 0.286. The van der Waals surface area contributed by atoms with Crippen LogP contribution in [0.25, 0.3) is 11.0 Å². The zero-order chi connectivity index (χ0) is 18.6. The van der Waals surface area contributed by atoms with Crippen LogP contribution in [0.2, 0.25) is 0 Å². The molecule has 0 aliphatic carbocycles. The van der Waals surface area contributed by atoms with Crippen molar-refractivity contribution >= 4 is 40.2 Å². The molecule has 0 saturated carbocycles. The number of rotatable bonds is 4. The third-order valence-corrected chi connectivity index (χ3v) is 5.61. The minimum Gasteiger partial charge on any atom is -0.355 e. The second kappa shape index (κ2) is 7.96. The fourth-order valence-electron chi connectivity index (χ4n) is 3.44. The Balaban J connectivity index is 1.47. The van der Waals surface area contributed by atoms with Crippen LogP contribution in [0.5, 0.6) is 0 Å². The van der Waals surface area contributed by atoms with Gasteiger partial charge in [0.15, 0.2) is 0 Å². The van der Waals surface area contributed by atoms with Crippen LogP contribution in [0.3, 0.4) is 0 Å². The summed E-state index contributed by atoms with van der Waals surface area (Å²) in [6.07, 6.45) is 5.71. The third kappa shape index (κ3) is 4.06. The SMILES string of the molecule is CSc1cccc(NC(=O)C2CCCN(c3cnc4ccccc4n3)C2)c1. The van der Waals surface area contributed by atoms with Crippen molar-refractivity contribution in [2.45, 2.75) is 17.7 Å². The van der Waals surface area contributed by atoms with E-state index in [0.29, 0.717) is 6.54 Å². The predicted molar refractivity (Wildman–Crippen MR) is 111 cm³/mol. The Morgan fingerprint density at radius 1 is 1.19 bits per heavy atom. The Kier molecular flexibility index (Phi) is 5.25. The maximum Gasteiger partial charge on any atom is 0.229 e. The first-order valence-electron chi connectivity index (χ1n) is 9.14. The Hall–Kier alpha value is -2.60. The van der Waals surface area contributed by atoms with Crippen LogP contribution < -0.4 is 10.2 Å². The number of piperidine rings is 1. The number of nitrogens with one attached hydrogen (secondary N) is 1. The molecular formula is C21H22N4OS. The first-order chi connectivity index (χ1) is 13.2. The molecule has 1 aromatic heterocycles. The van der Waals surface area contributed by atoms with Gasteiger partial charge in [0.2, 0.25) is 5.91 Å². The number of amides is 1. The van der Waals surface area contributed by atoms with Crippen molar-refractivity contribution in [3.8, 4) is 0 Å². The second-order valence-electron chi connectivity index (χ2n) is 6.72. The highest BCUT2D eigenvalue weighted by atomic mass is 32.2. The van der Waals surface area contributed by atoms with Crippen molar-refractivity contribution in [2.24, 2.45) is 5.92 Å². The molecule has 1 saturated heterocycles. The largest absolute Gasteiger partial charge is 0.355 e. The van der Waals surface area contributed by atoms with Crippen LogP contribution in [0.15, 0.2) is 59.6 Å². The topological polar surface area (TPSA) is 58.1 Å². The smallest absolute Gasteiger partial charge is 0.229 e. The summed E-state index contributed by atoms with van der Waals surface area (Å²) in [6, 6.07) is 15.8. The van der Waals surface area contributed by atoms with E-state index in [1.807, 2.05) is 61.0 Å². The Labute approximate surface area is 163 Å². The van der Waals surface area contributed by atoms with E-state index >= 15 is 0 Å². The highest BCUT2D eigenvalue weighted by Crippen LogP contribution is 2.25. The van der Waals surface area contributed by atoms with Gasteiger partial charge >= 0.3 is 0 Å². The summed E-state index contributed by atoms with van der Waals surface area (Å²) >= 11 is 1.67. The van der Waals surface area contributed by atoms with Gasteiger partial charge in [-0.1, -0.05) is 18.2 Å². The van der Waals surface area contributed by atoms with Crippen LogP contribution in [0.4, 0.5) is 11.5 Å². The number of anilines is 2. The molecule has 6 heteroatoms. The highest BCUT2D eigenvalue weighted by molar-refractivity contribution is 7.98. The summed E-state index contributed by atoms with van der Waals surface area (Å²) in [5, 5.41) is 3.07. The van der Waals surface area contributed by atoms with E-state index < -0.39 is 0 Å². The fourth-order valence-corrected chi connectivity index (χ4v) is 3.90. The van der Waals surface area contributed by atoms with Gasteiger partial charge < -0.3 is 10.2 Å². The average molecular weight is 379 g/mol. The lowest BCUT2D eigenvalue weighted by Crippen LogP contribution is -2.41. The molecule has 1 amide bonds. The Bertz CT molecular complexity index is 962. The normalized spacial score (nSPS) is 17.1. The van der Waals surface area contributed by atoms with Crippen LogP contribution in [0.1, 0.15) is 12.8 Å². The number of para-hydroxylation sites is 2. The van der Waals surface area contributed by atoms with Gasteiger partial charge in [0.05, 0.1) is 23.1 Å². The lowest BCUT2D eigenvalue weighted by atomic mass is 9.97. The lowest BCUT2D eigenvalue weighted by molar-refractivity contribution is -0.120. The molecule has 0 bridgehead atoms. The zero-order valence-electron chi connectivity index (χ0n) is 15.3. The van der Waals surface area contributed by atoms with Crippen LogP contribution in [-0.2, 0) is 4.79 Å². The number of carbonyl (C=O) groups excluding carboxylic acids is 1. The molecule has 5 nitrogen and oxygen atoms in total. The monoisotopic (exact) mass is 378 g/mol. The van der Waals surface area contributed by atoms with Crippen LogP contribution in [0, 0.1) is 5.92 Å². The molecule has 1 atom stereocenters. The van der Waals surface area contributed by atoms with Crippen LogP contribution in [-0.4, -0.2) is 35.2 Å². The molecule has 1 aliphatic heterocycles. The first-order valence-corrected chi connectivity index (χ1v) is 10.4. The molecule has 138 valence electrons. The number of benzene rings is 2. The second-order valence-corrected chi connectivity index (χ2v) is 7.60. The molecule has 0 spiro atoms. The van der Waals surface area contributed by atoms with E-state index in [1.165, 1.54) is 0 Å². The van der Waals surface area contributed by atoms with Gasteiger partial charge in [-0.05, 0) is 49.4 Å².